The number of hydrogen-bond acceptors (Lipinski definition) is 3. The van der Waals surface area contributed by atoms with Gasteiger partial charge < -0.3 is 16.0 Å². The second kappa shape index (κ2) is 5.77. The van der Waals surface area contributed by atoms with E-state index in [-0.39, 0.29) is 11.9 Å². The van der Waals surface area contributed by atoms with Gasteiger partial charge in [0.15, 0.2) is 0 Å². The fourth-order valence-corrected chi connectivity index (χ4v) is 2.69. The molecule has 1 fully saturated rings. The van der Waals surface area contributed by atoms with E-state index >= 15 is 0 Å². The van der Waals surface area contributed by atoms with Crippen LogP contribution in [0.3, 0.4) is 0 Å². The maximum atomic E-state index is 12.1. The Morgan fingerprint density at radius 2 is 2.11 bits per heavy atom. The molecular formula is C13H18IN3O. The summed E-state index contributed by atoms with van der Waals surface area (Å²) in [5, 5.41) is 3.19. The molecule has 0 radical (unpaired) electrons. The normalized spacial score (nSPS) is 16.7. The first kappa shape index (κ1) is 13.5. The summed E-state index contributed by atoms with van der Waals surface area (Å²) in [6.07, 6.45) is 2.23. The van der Waals surface area contributed by atoms with Gasteiger partial charge in [0.2, 0.25) is 5.91 Å². The van der Waals surface area contributed by atoms with Gasteiger partial charge in [-0.3, -0.25) is 4.79 Å². The molecule has 18 heavy (non-hydrogen) atoms. The van der Waals surface area contributed by atoms with Gasteiger partial charge in [-0.2, -0.15) is 0 Å². The van der Waals surface area contributed by atoms with Gasteiger partial charge in [-0.1, -0.05) is 0 Å². The van der Waals surface area contributed by atoms with Crippen LogP contribution in [0.1, 0.15) is 19.8 Å². The van der Waals surface area contributed by atoms with Crippen LogP contribution in [-0.2, 0) is 4.79 Å². The smallest absolute Gasteiger partial charge is 0.244 e. The highest BCUT2D eigenvalue weighted by Gasteiger charge is 2.23. The van der Waals surface area contributed by atoms with Crippen molar-refractivity contribution in [3.63, 3.8) is 0 Å². The van der Waals surface area contributed by atoms with Crippen LogP contribution in [0.15, 0.2) is 18.2 Å². The van der Waals surface area contributed by atoms with Crippen LogP contribution in [0.25, 0.3) is 0 Å². The van der Waals surface area contributed by atoms with Crippen LogP contribution < -0.4 is 11.1 Å². The first-order valence-corrected chi connectivity index (χ1v) is 7.26. The quantitative estimate of drug-likeness (QED) is 0.643. The maximum absolute atomic E-state index is 12.1. The predicted molar refractivity (Wildman–Crippen MR) is 82.5 cm³/mol. The number of halogens is 1. The van der Waals surface area contributed by atoms with Gasteiger partial charge in [-0.15, -0.1) is 0 Å². The molecule has 1 unspecified atom stereocenters. The van der Waals surface area contributed by atoms with E-state index in [0.717, 1.165) is 35.2 Å². The average molecular weight is 359 g/mol. The molecule has 0 saturated carbocycles. The Hall–Kier alpha value is -0.980. The molecule has 1 atom stereocenters. The van der Waals surface area contributed by atoms with Crippen LogP contribution in [0.2, 0.25) is 0 Å². The number of anilines is 2. The number of nitrogens with zero attached hydrogens (tertiary/aromatic N) is 1. The third kappa shape index (κ3) is 3.07. The number of likely N-dealkylation sites (tertiary alicyclic amines) is 1. The second-order valence-electron chi connectivity index (χ2n) is 4.63. The van der Waals surface area contributed by atoms with Crippen molar-refractivity contribution in [1.82, 2.24) is 4.90 Å². The van der Waals surface area contributed by atoms with E-state index in [9.17, 15) is 4.79 Å². The number of carbonyl (C=O) groups is 1. The molecule has 2 rings (SSSR count). The Kier molecular flexibility index (Phi) is 4.31. The molecule has 4 nitrogen and oxygen atoms in total. The van der Waals surface area contributed by atoms with Crippen LogP contribution in [0.5, 0.6) is 0 Å². The van der Waals surface area contributed by atoms with Crippen LogP contribution in [0, 0.1) is 3.57 Å². The molecule has 1 aromatic rings. The molecular weight excluding hydrogens is 341 g/mol. The summed E-state index contributed by atoms with van der Waals surface area (Å²) in [6, 6.07) is 5.57. The monoisotopic (exact) mass is 359 g/mol. The first-order chi connectivity index (χ1) is 8.58. The Balaban J connectivity index is 2.01. The summed E-state index contributed by atoms with van der Waals surface area (Å²) in [7, 11) is 0. The van der Waals surface area contributed by atoms with Gasteiger partial charge in [0.05, 0.1) is 11.4 Å². The van der Waals surface area contributed by atoms with Gasteiger partial charge in [0, 0.05) is 16.7 Å². The highest BCUT2D eigenvalue weighted by Crippen LogP contribution is 2.22. The number of hydrogen-bond donors (Lipinski definition) is 2. The van der Waals surface area contributed by atoms with Crippen LogP contribution in [0.4, 0.5) is 11.4 Å². The summed E-state index contributed by atoms with van der Waals surface area (Å²) >= 11 is 2.22. The van der Waals surface area contributed by atoms with E-state index in [1.165, 1.54) is 0 Å². The zero-order chi connectivity index (χ0) is 13.1. The third-order valence-corrected chi connectivity index (χ3v) is 3.84. The molecule has 0 bridgehead atoms. The van der Waals surface area contributed by atoms with Gasteiger partial charge in [-0.05, 0) is 60.6 Å². The molecule has 3 N–H and O–H groups in total. The zero-order valence-corrected chi connectivity index (χ0v) is 12.6. The van der Waals surface area contributed by atoms with Crippen molar-refractivity contribution in [1.29, 1.82) is 0 Å². The van der Waals surface area contributed by atoms with E-state index in [4.69, 9.17) is 5.73 Å². The second-order valence-corrected chi connectivity index (χ2v) is 5.88. The summed E-state index contributed by atoms with van der Waals surface area (Å²) in [6.45, 7) is 3.65. The number of amides is 1. The van der Waals surface area contributed by atoms with E-state index in [0.29, 0.717) is 5.69 Å². The highest BCUT2D eigenvalue weighted by atomic mass is 127. The van der Waals surface area contributed by atoms with E-state index in [1.807, 2.05) is 30.0 Å². The lowest BCUT2D eigenvalue weighted by Gasteiger charge is -2.22. The number of benzene rings is 1. The van der Waals surface area contributed by atoms with Gasteiger partial charge in [0.25, 0.3) is 0 Å². The van der Waals surface area contributed by atoms with Crippen molar-refractivity contribution in [2.45, 2.75) is 25.8 Å². The molecule has 0 aliphatic carbocycles. The number of nitrogen functional groups attached to an aromatic ring is 1. The lowest BCUT2D eigenvalue weighted by molar-refractivity contribution is -0.130. The van der Waals surface area contributed by atoms with Gasteiger partial charge >= 0.3 is 0 Å². The largest absolute Gasteiger partial charge is 0.397 e. The van der Waals surface area contributed by atoms with Crippen molar-refractivity contribution in [2.75, 3.05) is 24.1 Å². The first-order valence-electron chi connectivity index (χ1n) is 6.18. The highest BCUT2D eigenvalue weighted by molar-refractivity contribution is 14.1. The number of carbonyl (C=O) groups excluding carboxylic acids is 1. The summed E-state index contributed by atoms with van der Waals surface area (Å²) < 4.78 is 1.09. The summed E-state index contributed by atoms with van der Waals surface area (Å²) in [4.78, 5) is 14.1. The molecule has 1 saturated heterocycles. The van der Waals surface area contributed by atoms with Crippen molar-refractivity contribution in [2.24, 2.45) is 0 Å². The van der Waals surface area contributed by atoms with E-state index < -0.39 is 0 Å². The van der Waals surface area contributed by atoms with E-state index in [2.05, 4.69) is 27.9 Å². The topological polar surface area (TPSA) is 58.4 Å². The minimum absolute atomic E-state index is 0.158. The average Bonchev–Trinajstić information content (AvgIpc) is 2.85. The molecule has 0 aromatic heterocycles. The Morgan fingerprint density at radius 1 is 1.44 bits per heavy atom. The molecule has 5 heteroatoms. The fraction of sp³-hybridized carbons (Fsp3) is 0.462. The summed E-state index contributed by atoms with van der Waals surface area (Å²) in [5.74, 6) is 0.158. The van der Waals surface area contributed by atoms with Crippen molar-refractivity contribution in [3.8, 4) is 0 Å². The number of rotatable bonds is 3. The third-order valence-electron chi connectivity index (χ3n) is 3.17. The Labute approximate surface area is 121 Å². The minimum Gasteiger partial charge on any atom is -0.397 e. The number of nitrogens with one attached hydrogen (secondary N) is 1. The molecule has 1 heterocycles. The Bertz CT molecular complexity index is 444. The molecule has 1 aliphatic rings. The molecule has 1 amide bonds. The summed E-state index contributed by atoms with van der Waals surface area (Å²) in [5.41, 5.74) is 7.44. The molecule has 1 aromatic carbocycles. The van der Waals surface area contributed by atoms with E-state index in [1.54, 1.807) is 0 Å². The molecule has 1 aliphatic heterocycles. The lowest BCUT2D eigenvalue weighted by Crippen LogP contribution is -2.39. The van der Waals surface area contributed by atoms with Crippen molar-refractivity contribution >= 4 is 39.9 Å². The van der Waals surface area contributed by atoms with Crippen molar-refractivity contribution < 1.29 is 4.79 Å². The maximum Gasteiger partial charge on any atom is 0.244 e. The van der Waals surface area contributed by atoms with Crippen LogP contribution >= 0.6 is 22.6 Å². The van der Waals surface area contributed by atoms with Gasteiger partial charge in [-0.25, -0.2) is 0 Å². The number of nitrogens with two attached hydrogens (primary N) is 1. The van der Waals surface area contributed by atoms with Gasteiger partial charge in [0.1, 0.15) is 6.04 Å². The fourth-order valence-electron chi connectivity index (χ4n) is 2.17. The molecule has 98 valence electrons. The Morgan fingerprint density at radius 3 is 2.72 bits per heavy atom. The standard InChI is InChI=1S/C13H18IN3O/c1-9(13(18)17-6-2-3-7-17)16-12-5-4-10(14)8-11(12)15/h4-5,8-9,16H,2-3,6-7,15H2,1H3. The minimum atomic E-state index is -0.231. The SMILES string of the molecule is CC(Nc1ccc(I)cc1N)C(=O)N1CCCC1. The molecule has 0 spiro atoms. The zero-order valence-electron chi connectivity index (χ0n) is 10.4. The van der Waals surface area contributed by atoms with Crippen LogP contribution in [-0.4, -0.2) is 29.9 Å². The van der Waals surface area contributed by atoms with Crippen molar-refractivity contribution in [3.05, 3.63) is 21.8 Å². The lowest BCUT2D eigenvalue weighted by atomic mass is 10.2. The predicted octanol–water partition coefficient (Wildman–Crippen LogP) is 2.30.